The summed E-state index contributed by atoms with van der Waals surface area (Å²) in [5, 5.41) is 22.4. The number of ether oxygens (including phenoxy) is 2. The van der Waals surface area contributed by atoms with Gasteiger partial charge in [0.1, 0.15) is 11.5 Å². The van der Waals surface area contributed by atoms with Crippen molar-refractivity contribution in [1.29, 1.82) is 0 Å². The van der Waals surface area contributed by atoms with E-state index in [1.807, 2.05) is 79.7 Å². The number of carbonyl (C=O) groups is 2. The van der Waals surface area contributed by atoms with Crippen LogP contribution in [0.25, 0.3) is 17.8 Å². The fraction of sp³-hybridized carbons (Fsp3) is 0.105. The van der Waals surface area contributed by atoms with Crippen molar-refractivity contribution in [3.63, 3.8) is 0 Å². The number of esters is 2. The highest BCUT2D eigenvalue weighted by atomic mass is 16.5. The third-order valence-electron chi connectivity index (χ3n) is 7.40. The van der Waals surface area contributed by atoms with Gasteiger partial charge in [0.15, 0.2) is 0 Å². The van der Waals surface area contributed by atoms with Gasteiger partial charge in [-0.1, -0.05) is 79.7 Å². The van der Waals surface area contributed by atoms with Crippen LogP contribution in [0.5, 0.6) is 23.3 Å². The average Bonchev–Trinajstić information content (AvgIpc) is 3.28. The largest absolute Gasteiger partial charge is 0.494 e. The molecule has 0 spiro atoms. The van der Waals surface area contributed by atoms with Crippen molar-refractivity contribution in [1.82, 2.24) is 4.57 Å². The Bertz CT molecular complexity index is 1820. The summed E-state index contributed by atoms with van der Waals surface area (Å²) < 4.78 is 12.2. The molecular weight excluding hydrogens is 566 g/mol. The standard InChI is InChI=1S/C38H33NO6/c1-3-33(29-16-20-31(21-17-29)44-34(40)24-14-27-10-6-4-7-11-27)36-26(2)37(42)39(38(36)43)30-18-22-32(23-19-30)45-35(41)25-15-28-12-8-5-9-13-28/h4-25,33,42-43H,3H2,1-2H3. The van der Waals surface area contributed by atoms with Gasteiger partial charge >= 0.3 is 11.9 Å². The number of rotatable bonds is 10. The minimum Gasteiger partial charge on any atom is -0.494 e. The van der Waals surface area contributed by atoms with E-state index in [1.165, 1.54) is 16.7 Å². The Morgan fingerprint density at radius 2 is 1.16 bits per heavy atom. The van der Waals surface area contributed by atoms with Crippen LogP contribution in [0.4, 0.5) is 0 Å². The smallest absolute Gasteiger partial charge is 0.336 e. The Hall–Kier alpha value is -5.82. The molecule has 2 N–H and O–H groups in total. The minimum atomic E-state index is -0.522. The first-order valence-electron chi connectivity index (χ1n) is 14.6. The molecule has 0 aliphatic heterocycles. The van der Waals surface area contributed by atoms with E-state index in [0.717, 1.165) is 16.7 Å². The van der Waals surface area contributed by atoms with Crippen molar-refractivity contribution in [3.05, 3.63) is 149 Å². The Balaban J connectivity index is 1.29. The summed E-state index contributed by atoms with van der Waals surface area (Å²) >= 11 is 0. The number of carbonyl (C=O) groups excluding carboxylic acids is 2. The lowest BCUT2D eigenvalue weighted by Crippen LogP contribution is -2.05. The molecule has 0 aliphatic rings. The highest BCUT2D eigenvalue weighted by Gasteiger charge is 2.27. The van der Waals surface area contributed by atoms with Crippen LogP contribution < -0.4 is 9.47 Å². The first-order valence-corrected chi connectivity index (χ1v) is 14.6. The molecule has 0 fully saturated rings. The molecule has 1 aromatic heterocycles. The van der Waals surface area contributed by atoms with Crippen molar-refractivity contribution in [2.45, 2.75) is 26.2 Å². The third kappa shape index (κ3) is 7.40. The summed E-state index contributed by atoms with van der Waals surface area (Å²) in [6, 6.07) is 32.5. The van der Waals surface area contributed by atoms with Gasteiger partial charge < -0.3 is 19.7 Å². The first-order chi connectivity index (χ1) is 21.8. The zero-order valence-corrected chi connectivity index (χ0v) is 25.0. The lowest BCUT2D eigenvalue weighted by molar-refractivity contribution is -0.129. The second-order valence-corrected chi connectivity index (χ2v) is 10.4. The van der Waals surface area contributed by atoms with Gasteiger partial charge in [0.05, 0.1) is 5.69 Å². The van der Waals surface area contributed by atoms with Gasteiger partial charge in [-0.15, -0.1) is 0 Å². The van der Waals surface area contributed by atoms with E-state index in [1.54, 1.807) is 55.5 Å². The van der Waals surface area contributed by atoms with Gasteiger partial charge in [-0.3, -0.25) is 4.57 Å². The van der Waals surface area contributed by atoms with Crippen molar-refractivity contribution in [3.8, 4) is 28.9 Å². The second-order valence-electron chi connectivity index (χ2n) is 10.4. The normalized spacial score (nSPS) is 12.0. The molecule has 0 aliphatic carbocycles. The number of hydrogen-bond acceptors (Lipinski definition) is 6. The zero-order chi connectivity index (χ0) is 31.8. The second kappa shape index (κ2) is 14.1. The van der Waals surface area contributed by atoms with Gasteiger partial charge in [-0.25, -0.2) is 9.59 Å². The van der Waals surface area contributed by atoms with Crippen LogP contribution in [-0.4, -0.2) is 26.7 Å². The molecule has 45 heavy (non-hydrogen) atoms. The molecule has 0 bridgehead atoms. The van der Waals surface area contributed by atoms with E-state index in [2.05, 4.69) is 0 Å². The fourth-order valence-corrected chi connectivity index (χ4v) is 5.13. The number of aromatic nitrogens is 1. The summed E-state index contributed by atoms with van der Waals surface area (Å²) in [6.45, 7) is 3.75. The molecule has 0 saturated heterocycles. The molecule has 0 saturated carbocycles. The van der Waals surface area contributed by atoms with Crippen LogP contribution in [0.1, 0.15) is 47.1 Å². The highest BCUT2D eigenvalue weighted by molar-refractivity contribution is 5.89. The molecule has 1 heterocycles. The molecule has 0 amide bonds. The third-order valence-corrected chi connectivity index (χ3v) is 7.40. The molecule has 5 rings (SSSR count). The summed E-state index contributed by atoms with van der Waals surface area (Å²) in [7, 11) is 0. The average molecular weight is 600 g/mol. The van der Waals surface area contributed by atoms with E-state index in [9.17, 15) is 19.8 Å². The maximum atomic E-state index is 12.3. The first kappa shape index (κ1) is 30.6. The van der Waals surface area contributed by atoms with Gasteiger partial charge in [-0.05, 0) is 78.6 Å². The molecule has 226 valence electrons. The molecule has 7 nitrogen and oxygen atoms in total. The summed E-state index contributed by atoms with van der Waals surface area (Å²) in [4.78, 5) is 24.6. The van der Waals surface area contributed by atoms with Gasteiger partial charge in [0.2, 0.25) is 11.8 Å². The summed E-state index contributed by atoms with van der Waals surface area (Å²) in [5.41, 5.74) is 4.30. The van der Waals surface area contributed by atoms with Gasteiger partial charge in [0.25, 0.3) is 0 Å². The monoisotopic (exact) mass is 599 g/mol. The molecule has 1 atom stereocenters. The van der Waals surface area contributed by atoms with E-state index in [0.29, 0.717) is 34.7 Å². The SMILES string of the molecule is CCC(c1ccc(OC(=O)C=Cc2ccccc2)cc1)c1c(C)c(O)n(-c2ccc(OC(=O)C=Cc3ccccc3)cc2)c1O. The predicted octanol–water partition coefficient (Wildman–Crippen LogP) is 7.98. The molecular formula is C38H33NO6. The van der Waals surface area contributed by atoms with E-state index >= 15 is 0 Å². The van der Waals surface area contributed by atoms with Crippen LogP contribution >= 0.6 is 0 Å². The Labute approximate surface area is 261 Å². The molecule has 1 unspecified atom stereocenters. The van der Waals surface area contributed by atoms with Crippen molar-refractivity contribution in [2.24, 2.45) is 0 Å². The molecule has 7 heteroatoms. The van der Waals surface area contributed by atoms with Crippen LogP contribution in [0.15, 0.2) is 121 Å². The molecule has 0 radical (unpaired) electrons. The molecule has 4 aromatic carbocycles. The zero-order valence-electron chi connectivity index (χ0n) is 25.0. The topological polar surface area (TPSA) is 98.0 Å². The van der Waals surface area contributed by atoms with Crippen molar-refractivity contribution < 1.29 is 29.3 Å². The van der Waals surface area contributed by atoms with Crippen LogP contribution in [0, 0.1) is 6.92 Å². The van der Waals surface area contributed by atoms with Crippen LogP contribution in [0.3, 0.4) is 0 Å². The van der Waals surface area contributed by atoms with Crippen molar-refractivity contribution >= 4 is 24.1 Å². The lowest BCUT2D eigenvalue weighted by Gasteiger charge is -2.17. The number of nitrogens with zero attached hydrogens (tertiary/aromatic N) is 1. The Kier molecular flexibility index (Phi) is 9.60. The Morgan fingerprint density at radius 3 is 1.62 bits per heavy atom. The maximum Gasteiger partial charge on any atom is 0.336 e. The Morgan fingerprint density at radius 1 is 0.689 bits per heavy atom. The lowest BCUT2D eigenvalue weighted by atomic mass is 9.88. The maximum absolute atomic E-state index is 12.3. The van der Waals surface area contributed by atoms with Crippen LogP contribution in [-0.2, 0) is 9.59 Å². The quantitative estimate of drug-likeness (QED) is 0.0960. The van der Waals surface area contributed by atoms with Gasteiger partial charge in [0, 0.05) is 29.2 Å². The minimum absolute atomic E-state index is 0.0889. The molecule has 5 aromatic rings. The summed E-state index contributed by atoms with van der Waals surface area (Å²) in [6.07, 6.45) is 6.74. The van der Waals surface area contributed by atoms with E-state index < -0.39 is 11.9 Å². The van der Waals surface area contributed by atoms with E-state index in [-0.39, 0.29) is 17.7 Å². The van der Waals surface area contributed by atoms with E-state index in [4.69, 9.17) is 9.47 Å². The fourth-order valence-electron chi connectivity index (χ4n) is 5.13. The van der Waals surface area contributed by atoms with Crippen molar-refractivity contribution in [2.75, 3.05) is 0 Å². The number of hydrogen-bond donors (Lipinski definition) is 2. The predicted molar refractivity (Wildman–Crippen MR) is 175 cm³/mol. The highest BCUT2D eigenvalue weighted by Crippen LogP contribution is 2.44. The van der Waals surface area contributed by atoms with Gasteiger partial charge in [-0.2, -0.15) is 0 Å². The number of benzene rings is 4. The van der Waals surface area contributed by atoms with Crippen LogP contribution in [0.2, 0.25) is 0 Å². The summed E-state index contributed by atoms with van der Waals surface area (Å²) in [5.74, 6) is -0.704. The number of aromatic hydroxyl groups is 2.